The Hall–Kier alpha value is -2.82. The minimum atomic E-state index is -3.67. The van der Waals surface area contributed by atoms with Gasteiger partial charge in [-0.25, -0.2) is 13.6 Å². The van der Waals surface area contributed by atoms with E-state index in [1.807, 2.05) is 12.1 Å². The van der Waals surface area contributed by atoms with Crippen LogP contribution >= 0.6 is 0 Å². The second kappa shape index (κ2) is 7.66. The first-order chi connectivity index (χ1) is 13.5. The highest BCUT2D eigenvalue weighted by Gasteiger charge is 2.20. The lowest BCUT2D eigenvalue weighted by Crippen LogP contribution is -2.46. The van der Waals surface area contributed by atoms with Gasteiger partial charge in [0.15, 0.2) is 0 Å². The predicted octanol–water partition coefficient (Wildman–Crippen LogP) is 1.10. The number of nitrogens with two attached hydrogens (primary N) is 1. The number of sulfonamides is 1. The van der Waals surface area contributed by atoms with Gasteiger partial charge < -0.3 is 9.42 Å². The first kappa shape index (κ1) is 18.5. The van der Waals surface area contributed by atoms with E-state index in [1.54, 1.807) is 24.5 Å². The van der Waals surface area contributed by atoms with Crippen LogP contribution in [0.5, 0.6) is 0 Å². The second-order valence-electron chi connectivity index (χ2n) is 6.56. The summed E-state index contributed by atoms with van der Waals surface area (Å²) in [6.45, 7) is 3.89. The zero-order valence-electron chi connectivity index (χ0n) is 15.1. The zero-order valence-corrected chi connectivity index (χ0v) is 15.9. The molecular weight excluding hydrogens is 380 g/mol. The quantitative estimate of drug-likeness (QED) is 0.676. The number of nitrogens with zero attached hydrogens (tertiary/aromatic N) is 5. The molecule has 1 saturated heterocycles. The van der Waals surface area contributed by atoms with Crippen molar-refractivity contribution in [2.75, 3.05) is 31.1 Å². The van der Waals surface area contributed by atoms with E-state index in [4.69, 9.17) is 9.66 Å². The van der Waals surface area contributed by atoms with Crippen molar-refractivity contribution in [3.8, 4) is 11.4 Å². The largest absolute Gasteiger partial charge is 0.369 e. The molecule has 0 atom stereocenters. The highest BCUT2D eigenvalue weighted by Crippen LogP contribution is 2.20. The van der Waals surface area contributed by atoms with Crippen molar-refractivity contribution in [1.29, 1.82) is 0 Å². The maximum Gasteiger partial charge on any atom is 0.241 e. The van der Waals surface area contributed by atoms with Crippen molar-refractivity contribution in [3.05, 3.63) is 54.7 Å². The Balaban J connectivity index is 1.34. The van der Waals surface area contributed by atoms with Crippen LogP contribution in [0.3, 0.4) is 0 Å². The van der Waals surface area contributed by atoms with Gasteiger partial charge in [-0.1, -0.05) is 5.16 Å². The van der Waals surface area contributed by atoms with Gasteiger partial charge >= 0.3 is 0 Å². The van der Waals surface area contributed by atoms with Gasteiger partial charge in [-0.3, -0.25) is 9.88 Å². The molecule has 0 spiro atoms. The van der Waals surface area contributed by atoms with Crippen LogP contribution in [-0.4, -0.2) is 54.6 Å². The molecule has 10 heteroatoms. The Morgan fingerprint density at radius 2 is 1.82 bits per heavy atom. The maximum atomic E-state index is 11.4. The van der Waals surface area contributed by atoms with Gasteiger partial charge in [-0.15, -0.1) is 0 Å². The smallest absolute Gasteiger partial charge is 0.241 e. The molecule has 0 unspecified atom stereocenters. The molecule has 1 aromatic carbocycles. The summed E-state index contributed by atoms with van der Waals surface area (Å²) in [4.78, 5) is 13.1. The second-order valence-corrected chi connectivity index (χ2v) is 8.12. The number of rotatable bonds is 5. The van der Waals surface area contributed by atoms with Gasteiger partial charge in [0.1, 0.15) is 0 Å². The Morgan fingerprint density at radius 1 is 1.07 bits per heavy atom. The van der Waals surface area contributed by atoms with Gasteiger partial charge in [0.05, 0.1) is 11.4 Å². The Labute approximate surface area is 162 Å². The number of hydrogen-bond acceptors (Lipinski definition) is 8. The lowest BCUT2D eigenvalue weighted by atomic mass is 10.2. The van der Waals surface area contributed by atoms with Crippen LogP contribution in [-0.2, 0) is 16.6 Å². The minimum Gasteiger partial charge on any atom is -0.369 e. The van der Waals surface area contributed by atoms with Crippen LogP contribution in [0.1, 0.15) is 5.89 Å². The molecule has 146 valence electrons. The van der Waals surface area contributed by atoms with Gasteiger partial charge in [0.25, 0.3) is 0 Å². The first-order valence-electron chi connectivity index (χ1n) is 8.82. The molecule has 9 nitrogen and oxygen atoms in total. The van der Waals surface area contributed by atoms with Crippen molar-refractivity contribution in [1.82, 2.24) is 20.0 Å². The van der Waals surface area contributed by atoms with Crippen molar-refractivity contribution < 1.29 is 12.9 Å². The molecule has 3 heterocycles. The van der Waals surface area contributed by atoms with E-state index in [0.29, 0.717) is 18.3 Å². The van der Waals surface area contributed by atoms with E-state index in [2.05, 4.69) is 24.9 Å². The van der Waals surface area contributed by atoms with Gasteiger partial charge in [0, 0.05) is 49.8 Å². The predicted molar refractivity (Wildman–Crippen MR) is 103 cm³/mol. The standard InChI is InChI=1S/C18H20N6O3S/c19-28(25,26)16-5-3-15(4-6-16)24-10-8-23(9-11-24)13-17-21-18(22-27-17)14-2-1-7-20-12-14/h1-7,12H,8-11,13H2,(H2,19,25,26). The van der Waals surface area contributed by atoms with Crippen LogP contribution in [0.2, 0.25) is 0 Å². The van der Waals surface area contributed by atoms with E-state index in [-0.39, 0.29) is 4.90 Å². The highest BCUT2D eigenvalue weighted by molar-refractivity contribution is 7.89. The van der Waals surface area contributed by atoms with Gasteiger partial charge in [0.2, 0.25) is 21.7 Å². The topological polar surface area (TPSA) is 118 Å². The average molecular weight is 400 g/mol. The molecule has 2 aromatic heterocycles. The molecular formula is C18H20N6O3S. The number of anilines is 1. The van der Waals surface area contributed by atoms with Crippen LogP contribution in [0.15, 0.2) is 58.2 Å². The van der Waals surface area contributed by atoms with Crippen molar-refractivity contribution in [2.45, 2.75) is 11.4 Å². The van der Waals surface area contributed by atoms with Crippen LogP contribution in [0.4, 0.5) is 5.69 Å². The summed E-state index contributed by atoms with van der Waals surface area (Å²) < 4.78 is 28.1. The molecule has 0 aliphatic carbocycles. The molecule has 1 fully saturated rings. The molecule has 0 saturated carbocycles. The third-order valence-electron chi connectivity index (χ3n) is 4.65. The Kier molecular flexibility index (Phi) is 5.07. The molecule has 0 bridgehead atoms. The van der Waals surface area contributed by atoms with Crippen molar-refractivity contribution in [2.24, 2.45) is 5.14 Å². The molecule has 0 radical (unpaired) electrons. The lowest BCUT2D eigenvalue weighted by molar-refractivity contribution is 0.215. The summed E-state index contributed by atoms with van der Waals surface area (Å²) in [6, 6.07) is 10.4. The van der Waals surface area contributed by atoms with Gasteiger partial charge in [-0.2, -0.15) is 4.98 Å². The summed E-state index contributed by atoms with van der Waals surface area (Å²) in [5, 5.41) is 9.16. The number of pyridine rings is 1. The average Bonchev–Trinajstić information content (AvgIpc) is 3.17. The summed E-state index contributed by atoms with van der Waals surface area (Å²) >= 11 is 0. The zero-order chi connectivity index (χ0) is 19.6. The molecule has 4 rings (SSSR count). The van der Waals surface area contributed by atoms with E-state index in [9.17, 15) is 8.42 Å². The molecule has 0 amide bonds. The fourth-order valence-electron chi connectivity index (χ4n) is 3.13. The Morgan fingerprint density at radius 3 is 2.46 bits per heavy atom. The summed E-state index contributed by atoms with van der Waals surface area (Å²) in [7, 11) is -3.67. The van der Waals surface area contributed by atoms with E-state index >= 15 is 0 Å². The van der Waals surface area contributed by atoms with Crippen molar-refractivity contribution in [3.63, 3.8) is 0 Å². The molecule has 1 aliphatic rings. The third-order valence-corrected chi connectivity index (χ3v) is 5.58. The fraction of sp³-hybridized carbons (Fsp3) is 0.278. The summed E-state index contributed by atoms with van der Waals surface area (Å²) in [6.07, 6.45) is 3.40. The first-order valence-corrected chi connectivity index (χ1v) is 10.4. The van der Waals surface area contributed by atoms with Crippen molar-refractivity contribution >= 4 is 15.7 Å². The number of aromatic nitrogens is 3. The normalized spacial score (nSPS) is 15.7. The van der Waals surface area contributed by atoms with Gasteiger partial charge in [-0.05, 0) is 36.4 Å². The van der Waals surface area contributed by atoms with E-state index < -0.39 is 10.0 Å². The minimum absolute atomic E-state index is 0.121. The van der Waals surface area contributed by atoms with E-state index in [1.165, 1.54) is 12.1 Å². The number of piperazine rings is 1. The molecule has 1 aliphatic heterocycles. The number of benzene rings is 1. The summed E-state index contributed by atoms with van der Waals surface area (Å²) in [5.41, 5.74) is 1.80. The van der Waals surface area contributed by atoms with Crippen LogP contribution in [0, 0.1) is 0 Å². The molecule has 28 heavy (non-hydrogen) atoms. The fourth-order valence-corrected chi connectivity index (χ4v) is 3.65. The number of hydrogen-bond donors (Lipinski definition) is 1. The molecule has 2 N–H and O–H groups in total. The summed E-state index contributed by atoms with van der Waals surface area (Å²) in [5.74, 6) is 1.11. The number of primary sulfonamides is 1. The van der Waals surface area contributed by atoms with Crippen LogP contribution in [0.25, 0.3) is 11.4 Å². The van der Waals surface area contributed by atoms with E-state index in [0.717, 1.165) is 37.4 Å². The third kappa shape index (κ3) is 4.19. The SMILES string of the molecule is NS(=O)(=O)c1ccc(N2CCN(Cc3nc(-c4cccnc4)no3)CC2)cc1. The van der Waals surface area contributed by atoms with Crippen LogP contribution < -0.4 is 10.0 Å². The lowest BCUT2D eigenvalue weighted by Gasteiger charge is -2.35. The maximum absolute atomic E-state index is 11.4. The molecule has 3 aromatic rings. The monoisotopic (exact) mass is 400 g/mol. The highest BCUT2D eigenvalue weighted by atomic mass is 32.2. The Bertz CT molecular complexity index is 1030.